The zero-order valence-electron chi connectivity index (χ0n) is 9.95. The van der Waals surface area contributed by atoms with Crippen LogP contribution in [-0.2, 0) is 9.59 Å². The molecule has 1 fully saturated rings. The predicted molar refractivity (Wildman–Crippen MR) is 64.5 cm³/mol. The molecule has 16 heavy (non-hydrogen) atoms. The van der Waals surface area contributed by atoms with E-state index in [4.69, 9.17) is 0 Å². The molecule has 2 atom stereocenters. The largest absolute Gasteiger partial charge is 0.344 e. The minimum absolute atomic E-state index is 0. The van der Waals surface area contributed by atoms with Crippen LogP contribution in [0.2, 0.25) is 0 Å². The summed E-state index contributed by atoms with van der Waals surface area (Å²) in [7, 11) is 3.56. The lowest BCUT2D eigenvalue weighted by atomic mass is 10.1. The van der Waals surface area contributed by atoms with Crippen LogP contribution in [0, 0.1) is 5.92 Å². The molecule has 1 aliphatic heterocycles. The standard InChI is InChI=1S/C10H19N3O2.ClH/c1-7(6-11-2)9(14)12-8-4-5-13(3)10(8)15;/h7-8,11H,4-6H2,1-3H3,(H,12,14);1H. The van der Waals surface area contributed by atoms with Crippen molar-refractivity contribution in [3.05, 3.63) is 0 Å². The molecule has 0 aromatic carbocycles. The van der Waals surface area contributed by atoms with Crippen molar-refractivity contribution in [1.29, 1.82) is 0 Å². The molecular weight excluding hydrogens is 230 g/mol. The maximum Gasteiger partial charge on any atom is 0.244 e. The highest BCUT2D eigenvalue weighted by atomic mass is 35.5. The van der Waals surface area contributed by atoms with E-state index in [-0.39, 0.29) is 36.2 Å². The van der Waals surface area contributed by atoms with Crippen LogP contribution >= 0.6 is 12.4 Å². The van der Waals surface area contributed by atoms with E-state index in [1.165, 1.54) is 0 Å². The van der Waals surface area contributed by atoms with Gasteiger partial charge in [-0.3, -0.25) is 9.59 Å². The molecule has 0 spiro atoms. The van der Waals surface area contributed by atoms with Crippen LogP contribution in [0.25, 0.3) is 0 Å². The molecule has 0 aromatic heterocycles. The summed E-state index contributed by atoms with van der Waals surface area (Å²) in [5.41, 5.74) is 0. The van der Waals surface area contributed by atoms with E-state index in [0.29, 0.717) is 13.0 Å². The molecule has 1 rings (SSSR count). The van der Waals surface area contributed by atoms with E-state index in [0.717, 1.165) is 6.54 Å². The molecular formula is C10H20ClN3O2. The van der Waals surface area contributed by atoms with Gasteiger partial charge < -0.3 is 15.5 Å². The Bertz CT molecular complexity index is 260. The van der Waals surface area contributed by atoms with Gasteiger partial charge in [-0.1, -0.05) is 6.92 Å². The Balaban J connectivity index is 0.00000225. The Morgan fingerprint density at radius 3 is 2.69 bits per heavy atom. The van der Waals surface area contributed by atoms with Crippen molar-refractivity contribution >= 4 is 24.2 Å². The van der Waals surface area contributed by atoms with Gasteiger partial charge in [0.2, 0.25) is 11.8 Å². The van der Waals surface area contributed by atoms with Crippen LogP contribution in [0.3, 0.4) is 0 Å². The first kappa shape index (κ1) is 15.2. The number of amides is 2. The smallest absolute Gasteiger partial charge is 0.244 e. The fourth-order valence-electron chi connectivity index (χ4n) is 1.67. The molecule has 0 bridgehead atoms. The molecule has 6 heteroatoms. The Kier molecular flexibility index (Phi) is 6.36. The summed E-state index contributed by atoms with van der Waals surface area (Å²) < 4.78 is 0. The number of halogens is 1. The zero-order valence-corrected chi connectivity index (χ0v) is 10.8. The lowest BCUT2D eigenvalue weighted by Crippen LogP contribution is -2.44. The number of hydrogen-bond donors (Lipinski definition) is 2. The van der Waals surface area contributed by atoms with Crippen molar-refractivity contribution in [3.8, 4) is 0 Å². The Morgan fingerprint density at radius 2 is 2.25 bits per heavy atom. The SMILES string of the molecule is CNCC(C)C(=O)NC1CCN(C)C1=O.Cl. The molecule has 2 N–H and O–H groups in total. The first-order chi connectivity index (χ1) is 7.06. The van der Waals surface area contributed by atoms with Crippen molar-refractivity contribution < 1.29 is 9.59 Å². The molecule has 1 heterocycles. The number of hydrogen-bond acceptors (Lipinski definition) is 3. The zero-order chi connectivity index (χ0) is 11.4. The van der Waals surface area contributed by atoms with Crippen molar-refractivity contribution in [2.75, 3.05) is 27.2 Å². The summed E-state index contributed by atoms with van der Waals surface area (Å²) in [5.74, 6) is -0.147. The Labute approximate surface area is 102 Å². The van der Waals surface area contributed by atoms with Crippen LogP contribution < -0.4 is 10.6 Å². The van der Waals surface area contributed by atoms with Crippen molar-refractivity contribution in [1.82, 2.24) is 15.5 Å². The van der Waals surface area contributed by atoms with E-state index in [1.807, 2.05) is 6.92 Å². The van der Waals surface area contributed by atoms with E-state index >= 15 is 0 Å². The van der Waals surface area contributed by atoms with E-state index in [1.54, 1.807) is 19.0 Å². The summed E-state index contributed by atoms with van der Waals surface area (Å²) in [6.07, 6.45) is 0.716. The molecule has 1 aliphatic rings. The number of nitrogens with zero attached hydrogens (tertiary/aromatic N) is 1. The summed E-state index contributed by atoms with van der Waals surface area (Å²) in [4.78, 5) is 24.8. The third-order valence-corrected chi connectivity index (χ3v) is 2.70. The molecule has 2 unspecified atom stereocenters. The van der Waals surface area contributed by atoms with Gasteiger partial charge in [0.15, 0.2) is 0 Å². The van der Waals surface area contributed by atoms with Gasteiger partial charge in [0, 0.05) is 26.1 Å². The molecule has 94 valence electrons. The third-order valence-electron chi connectivity index (χ3n) is 2.70. The summed E-state index contributed by atoms with van der Waals surface area (Å²) in [6.45, 7) is 3.20. The maximum absolute atomic E-state index is 11.6. The second kappa shape index (κ2) is 6.70. The fraction of sp³-hybridized carbons (Fsp3) is 0.800. The van der Waals surface area contributed by atoms with Gasteiger partial charge >= 0.3 is 0 Å². The third kappa shape index (κ3) is 3.64. The monoisotopic (exact) mass is 249 g/mol. The number of likely N-dealkylation sites (N-methyl/N-ethyl adjacent to an activating group) is 1. The Morgan fingerprint density at radius 1 is 1.62 bits per heavy atom. The number of rotatable bonds is 4. The van der Waals surface area contributed by atoms with E-state index < -0.39 is 0 Å². The quantitative estimate of drug-likeness (QED) is 0.714. The molecule has 0 radical (unpaired) electrons. The van der Waals surface area contributed by atoms with Crippen molar-refractivity contribution in [2.24, 2.45) is 5.92 Å². The number of nitrogens with one attached hydrogen (secondary N) is 2. The number of carbonyl (C=O) groups excluding carboxylic acids is 2. The van der Waals surface area contributed by atoms with Gasteiger partial charge in [0.25, 0.3) is 0 Å². The molecule has 0 aromatic rings. The summed E-state index contributed by atoms with van der Waals surface area (Å²) in [6, 6.07) is -0.318. The van der Waals surface area contributed by atoms with Crippen LogP contribution in [0.15, 0.2) is 0 Å². The lowest BCUT2D eigenvalue weighted by molar-refractivity contribution is -0.132. The van der Waals surface area contributed by atoms with Crippen molar-refractivity contribution in [2.45, 2.75) is 19.4 Å². The van der Waals surface area contributed by atoms with Gasteiger partial charge in [-0.05, 0) is 13.5 Å². The van der Waals surface area contributed by atoms with Gasteiger partial charge in [-0.15, -0.1) is 12.4 Å². The van der Waals surface area contributed by atoms with Crippen LogP contribution in [-0.4, -0.2) is 49.9 Å². The second-order valence-electron chi connectivity index (χ2n) is 4.07. The molecule has 0 aliphatic carbocycles. The van der Waals surface area contributed by atoms with Gasteiger partial charge in [-0.25, -0.2) is 0 Å². The second-order valence-corrected chi connectivity index (χ2v) is 4.07. The lowest BCUT2D eigenvalue weighted by Gasteiger charge is -2.15. The Hall–Kier alpha value is -0.810. The normalized spacial score (nSPS) is 21.6. The first-order valence-corrected chi connectivity index (χ1v) is 5.26. The van der Waals surface area contributed by atoms with Crippen LogP contribution in [0.1, 0.15) is 13.3 Å². The van der Waals surface area contributed by atoms with Crippen molar-refractivity contribution in [3.63, 3.8) is 0 Å². The first-order valence-electron chi connectivity index (χ1n) is 5.26. The summed E-state index contributed by atoms with van der Waals surface area (Å²) >= 11 is 0. The number of likely N-dealkylation sites (tertiary alicyclic amines) is 1. The highest BCUT2D eigenvalue weighted by molar-refractivity contribution is 5.89. The minimum atomic E-state index is -0.318. The van der Waals surface area contributed by atoms with E-state index in [2.05, 4.69) is 10.6 Å². The van der Waals surface area contributed by atoms with Gasteiger partial charge in [0.1, 0.15) is 6.04 Å². The molecule has 1 saturated heterocycles. The highest BCUT2D eigenvalue weighted by Crippen LogP contribution is 2.09. The fourth-order valence-corrected chi connectivity index (χ4v) is 1.67. The van der Waals surface area contributed by atoms with E-state index in [9.17, 15) is 9.59 Å². The minimum Gasteiger partial charge on any atom is -0.344 e. The maximum atomic E-state index is 11.6. The topological polar surface area (TPSA) is 61.4 Å². The van der Waals surface area contributed by atoms with Crippen LogP contribution in [0.4, 0.5) is 0 Å². The van der Waals surface area contributed by atoms with Gasteiger partial charge in [-0.2, -0.15) is 0 Å². The predicted octanol–water partition coefficient (Wildman–Crippen LogP) is -0.389. The highest BCUT2D eigenvalue weighted by Gasteiger charge is 2.30. The summed E-state index contributed by atoms with van der Waals surface area (Å²) in [5, 5.41) is 5.71. The molecule has 0 saturated carbocycles. The van der Waals surface area contributed by atoms with Gasteiger partial charge in [0.05, 0.1) is 0 Å². The van der Waals surface area contributed by atoms with Crippen LogP contribution in [0.5, 0.6) is 0 Å². The number of carbonyl (C=O) groups is 2. The average molecular weight is 250 g/mol. The molecule has 2 amide bonds. The average Bonchev–Trinajstić information content (AvgIpc) is 2.50. The molecule has 5 nitrogen and oxygen atoms in total.